The van der Waals surface area contributed by atoms with Crippen LogP contribution in [-0.4, -0.2) is 40.7 Å². The molecule has 170 valence electrons. The van der Waals surface area contributed by atoms with E-state index in [0.29, 0.717) is 48.9 Å². The number of fused-ring (bicyclic) bond motifs is 1. The van der Waals surface area contributed by atoms with Gasteiger partial charge in [0.15, 0.2) is 5.78 Å². The summed E-state index contributed by atoms with van der Waals surface area (Å²) in [5.74, 6) is -0.859. The zero-order valence-corrected chi connectivity index (χ0v) is 18.5. The van der Waals surface area contributed by atoms with Crippen LogP contribution >= 0.6 is 0 Å². The Bertz CT molecular complexity index is 1100. The number of ketones is 1. The van der Waals surface area contributed by atoms with Crippen LogP contribution in [-0.2, 0) is 17.6 Å². The number of nitrogens with two attached hydrogens (primary N) is 1. The average Bonchev–Trinajstić information content (AvgIpc) is 3.21. The standard InChI is InChI=1S/C24H29FN4O3/c1-24(2)10-19-22(20(30)11-24)18(7-13-3-4-13)28-29(19)15-8-16(25)21(23(26)31)17(9-15)27-14-5-6-32-12-14/h8-9,13-14,27H,3-7,10-12H2,1-2H3,(H2,26,31)/t14-/m0/s1. The number of anilines is 1. The van der Waals surface area contributed by atoms with Gasteiger partial charge in [0.2, 0.25) is 0 Å². The molecule has 1 atom stereocenters. The first kappa shape index (κ1) is 21.1. The first-order chi connectivity index (χ1) is 15.2. The number of ether oxygens (including phenoxy) is 1. The van der Waals surface area contributed by atoms with Crippen LogP contribution in [0.2, 0.25) is 0 Å². The Morgan fingerprint density at radius 3 is 2.75 bits per heavy atom. The second kappa shape index (κ2) is 7.69. The summed E-state index contributed by atoms with van der Waals surface area (Å²) in [5, 5.41) is 8.03. The first-order valence-corrected chi connectivity index (χ1v) is 11.3. The maximum absolute atomic E-state index is 15.1. The van der Waals surface area contributed by atoms with Crippen LogP contribution in [0.4, 0.5) is 10.1 Å². The predicted octanol–water partition coefficient (Wildman–Crippen LogP) is 3.42. The van der Waals surface area contributed by atoms with Crippen LogP contribution in [0.25, 0.3) is 5.69 Å². The Morgan fingerprint density at radius 1 is 1.31 bits per heavy atom. The number of benzene rings is 1. The molecule has 2 aliphatic carbocycles. The fraction of sp³-hybridized carbons (Fsp3) is 0.542. The number of nitrogens with zero attached hydrogens (tertiary/aromatic N) is 2. The first-order valence-electron chi connectivity index (χ1n) is 11.3. The Labute approximate surface area is 186 Å². The summed E-state index contributed by atoms with van der Waals surface area (Å²) in [5.41, 5.74) is 8.27. The number of aromatic nitrogens is 2. The highest BCUT2D eigenvalue weighted by molar-refractivity contribution is 6.00. The summed E-state index contributed by atoms with van der Waals surface area (Å²) < 4.78 is 22.2. The van der Waals surface area contributed by atoms with Crippen molar-refractivity contribution in [3.63, 3.8) is 0 Å². The predicted molar refractivity (Wildman–Crippen MR) is 118 cm³/mol. The quantitative estimate of drug-likeness (QED) is 0.717. The number of hydrogen-bond donors (Lipinski definition) is 2. The Kier molecular flexibility index (Phi) is 5.08. The number of nitrogens with one attached hydrogen (secondary N) is 1. The molecule has 1 amide bonds. The number of carbonyl (C=O) groups is 2. The van der Waals surface area contributed by atoms with E-state index in [1.165, 1.54) is 6.07 Å². The van der Waals surface area contributed by atoms with Crippen LogP contribution in [0, 0.1) is 17.2 Å². The summed E-state index contributed by atoms with van der Waals surface area (Å²) >= 11 is 0. The van der Waals surface area contributed by atoms with Gasteiger partial charge in [-0.1, -0.05) is 13.8 Å². The molecule has 1 aromatic heterocycles. The van der Waals surface area contributed by atoms with Gasteiger partial charge in [0.1, 0.15) is 5.82 Å². The maximum Gasteiger partial charge on any atom is 0.253 e. The van der Waals surface area contributed by atoms with Crippen molar-refractivity contribution in [2.75, 3.05) is 18.5 Å². The molecule has 2 fully saturated rings. The lowest BCUT2D eigenvalue weighted by atomic mass is 9.75. The van der Waals surface area contributed by atoms with Crippen molar-refractivity contribution in [2.24, 2.45) is 17.1 Å². The maximum atomic E-state index is 15.1. The van der Waals surface area contributed by atoms with Crippen LogP contribution in [0.1, 0.15) is 71.6 Å². The largest absolute Gasteiger partial charge is 0.379 e. The molecule has 1 aliphatic heterocycles. The lowest BCUT2D eigenvalue weighted by Crippen LogP contribution is -2.28. The summed E-state index contributed by atoms with van der Waals surface area (Å²) in [6.07, 6.45) is 4.99. The molecule has 7 nitrogen and oxygen atoms in total. The Balaban J connectivity index is 1.63. The molecular formula is C24H29FN4O3. The summed E-state index contributed by atoms with van der Waals surface area (Å²) in [7, 11) is 0. The van der Waals surface area contributed by atoms with E-state index in [-0.39, 0.29) is 22.8 Å². The highest BCUT2D eigenvalue weighted by Gasteiger charge is 2.38. The van der Waals surface area contributed by atoms with Gasteiger partial charge in [-0.25, -0.2) is 9.07 Å². The molecule has 32 heavy (non-hydrogen) atoms. The number of primary amides is 1. The lowest BCUT2D eigenvalue weighted by molar-refractivity contribution is 0.0909. The lowest BCUT2D eigenvalue weighted by Gasteiger charge is -2.29. The van der Waals surface area contributed by atoms with Crippen LogP contribution in [0.5, 0.6) is 0 Å². The van der Waals surface area contributed by atoms with Gasteiger partial charge < -0.3 is 15.8 Å². The normalized spacial score (nSPS) is 22.1. The van der Waals surface area contributed by atoms with E-state index in [4.69, 9.17) is 15.6 Å². The van der Waals surface area contributed by atoms with Crippen molar-refractivity contribution in [3.05, 3.63) is 40.5 Å². The van der Waals surface area contributed by atoms with Gasteiger partial charge in [0.25, 0.3) is 5.91 Å². The monoisotopic (exact) mass is 440 g/mol. The molecule has 0 bridgehead atoms. The molecule has 3 N–H and O–H groups in total. The third-order valence-electron chi connectivity index (χ3n) is 6.65. The molecule has 8 heteroatoms. The number of Topliss-reactive ketones (excluding diaryl/α,β-unsaturated/α-hetero) is 1. The van der Waals surface area contributed by atoms with Gasteiger partial charge in [-0.05, 0) is 49.5 Å². The molecule has 2 heterocycles. The summed E-state index contributed by atoms with van der Waals surface area (Å²) in [4.78, 5) is 25.1. The molecule has 0 spiro atoms. The van der Waals surface area contributed by atoms with Gasteiger partial charge in [-0.2, -0.15) is 5.10 Å². The molecular weight excluding hydrogens is 411 g/mol. The number of rotatable bonds is 6. The molecule has 1 aromatic carbocycles. The van der Waals surface area contributed by atoms with Crippen molar-refractivity contribution in [1.29, 1.82) is 0 Å². The van der Waals surface area contributed by atoms with Crippen molar-refractivity contribution in [1.82, 2.24) is 9.78 Å². The molecule has 1 saturated heterocycles. The van der Waals surface area contributed by atoms with E-state index in [1.807, 2.05) is 0 Å². The van der Waals surface area contributed by atoms with E-state index in [1.54, 1.807) is 10.7 Å². The van der Waals surface area contributed by atoms with Crippen LogP contribution in [0.3, 0.4) is 0 Å². The second-order valence-electron chi connectivity index (χ2n) is 10.2. The number of halogens is 1. The molecule has 0 radical (unpaired) electrons. The van der Waals surface area contributed by atoms with Crippen molar-refractivity contribution >= 4 is 17.4 Å². The van der Waals surface area contributed by atoms with Crippen molar-refractivity contribution in [2.45, 2.75) is 58.4 Å². The minimum absolute atomic E-state index is 0.0276. The van der Waals surface area contributed by atoms with Gasteiger partial charge in [0, 0.05) is 19.1 Å². The van der Waals surface area contributed by atoms with Crippen molar-refractivity contribution < 1.29 is 18.7 Å². The smallest absolute Gasteiger partial charge is 0.253 e. The number of hydrogen-bond acceptors (Lipinski definition) is 5. The zero-order valence-electron chi connectivity index (χ0n) is 18.5. The van der Waals surface area contributed by atoms with E-state index < -0.39 is 11.7 Å². The van der Waals surface area contributed by atoms with Gasteiger partial charge >= 0.3 is 0 Å². The molecule has 3 aliphatic rings. The fourth-order valence-electron chi connectivity index (χ4n) is 4.93. The van der Waals surface area contributed by atoms with Crippen LogP contribution < -0.4 is 11.1 Å². The van der Waals surface area contributed by atoms with Crippen molar-refractivity contribution in [3.8, 4) is 5.69 Å². The fourth-order valence-corrected chi connectivity index (χ4v) is 4.93. The van der Waals surface area contributed by atoms with E-state index >= 15 is 4.39 Å². The number of amides is 1. The third kappa shape index (κ3) is 3.92. The highest BCUT2D eigenvalue weighted by atomic mass is 19.1. The van der Waals surface area contributed by atoms with Gasteiger partial charge in [-0.15, -0.1) is 0 Å². The molecule has 1 saturated carbocycles. The molecule has 0 unspecified atom stereocenters. The zero-order chi connectivity index (χ0) is 22.6. The minimum Gasteiger partial charge on any atom is -0.379 e. The summed E-state index contributed by atoms with van der Waals surface area (Å²) in [6.45, 7) is 5.22. The van der Waals surface area contributed by atoms with E-state index in [2.05, 4.69) is 19.2 Å². The molecule has 2 aromatic rings. The summed E-state index contributed by atoms with van der Waals surface area (Å²) in [6, 6.07) is 2.97. The molecule has 5 rings (SSSR count). The van der Waals surface area contributed by atoms with E-state index in [9.17, 15) is 9.59 Å². The minimum atomic E-state index is -0.830. The Hall–Kier alpha value is -2.74. The average molecular weight is 441 g/mol. The third-order valence-corrected chi connectivity index (χ3v) is 6.65. The van der Waals surface area contributed by atoms with Crippen LogP contribution in [0.15, 0.2) is 12.1 Å². The van der Waals surface area contributed by atoms with E-state index in [0.717, 1.165) is 37.1 Å². The second-order valence-corrected chi connectivity index (χ2v) is 10.2. The number of carbonyl (C=O) groups excluding carboxylic acids is 2. The highest BCUT2D eigenvalue weighted by Crippen LogP contribution is 2.40. The topological polar surface area (TPSA) is 99.2 Å². The SMILES string of the molecule is CC1(C)CC(=O)c2c(CC3CC3)nn(-c3cc(F)c(C(N)=O)c(N[C@H]4CCOC4)c3)c2C1. The van der Waals surface area contributed by atoms with Gasteiger partial charge in [0.05, 0.1) is 46.5 Å². The Morgan fingerprint density at radius 2 is 2.09 bits per heavy atom. The van der Waals surface area contributed by atoms with Gasteiger partial charge in [-0.3, -0.25) is 9.59 Å².